The van der Waals surface area contributed by atoms with Crippen LogP contribution in [0.3, 0.4) is 0 Å². The van der Waals surface area contributed by atoms with Gasteiger partial charge in [0.25, 0.3) is 0 Å². The number of halogens is 2. The molecule has 0 radical (unpaired) electrons. The molecule has 0 N–H and O–H groups in total. The van der Waals surface area contributed by atoms with Gasteiger partial charge in [0.2, 0.25) is 0 Å². The van der Waals surface area contributed by atoms with Gasteiger partial charge >= 0.3 is 0 Å². The van der Waals surface area contributed by atoms with Crippen LogP contribution in [0.25, 0.3) is 0 Å². The minimum Gasteiger partial charge on any atom is -0.298 e. The number of alkyl halides is 1. The van der Waals surface area contributed by atoms with Crippen LogP contribution in [0.15, 0.2) is 24.3 Å². The van der Waals surface area contributed by atoms with Gasteiger partial charge in [0, 0.05) is 19.0 Å². The average Bonchev–Trinajstić information content (AvgIpc) is 2.20. The maximum atomic E-state index is 5.74. The molecule has 1 nitrogen and oxygen atoms in total. The molecule has 0 unspecified atom stereocenters. The Morgan fingerprint density at radius 2 is 1.93 bits per heavy atom. The molecule has 0 saturated carbocycles. The second-order valence-corrected chi connectivity index (χ2v) is 3.86. The van der Waals surface area contributed by atoms with E-state index in [4.69, 9.17) is 11.6 Å². The van der Waals surface area contributed by atoms with E-state index in [9.17, 15) is 0 Å². The van der Waals surface area contributed by atoms with E-state index < -0.39 is 0 Å². The monoisotopic (exact) mass is 247 g/mol. The van der Waals surface area contributed by atoms with Crippen LogP contribution < -0.4 is 0 Å². The zero-order valence-electron chi connectivity index (χ0n) is 9.37. The molecule has 15 heavy (non-hydrogen) atoms. The molecule has 1 aromatic carbocycles. The molecule has 1 rings (SSSR count). The molecular weight excluding hydrogens is 229 g/mol. The lowest BCUT2D eigenvalue weighted by atomic mass is 10.1. The maximum absolute atomic E-state index is 5.74. The number of hydrogen-bond donors (Lipinski definition) is 0. The number of hydrogen-bond acceptors (Lipinski definition) is 1. The van der Waals surface area contributed by atoms with Gasteiger partial charge in [-0.2, -0.15) is 0 Å². The van der Waals surface area contributed by atoms with Crippen molar-refractivity contribution in [1.82, 2.24) is 4.90 Å². The van der Waals surface area contributed by atoms with Crippen molar-refractivity contribution in [2.75, 3.05) is 19.0 Å². The summed E-state index contributed by atoms with van der Waals surface area (Å²) < 4.78 is 0. The van der Waals surface area contributed by atoms with Gasteiger partial charge in [0.1, 0.15) is 0 Å². The summed E-state index contributed by atoms with van der Waals surface area (Å²) in [6, 6.07) is 8.52. The third-order valence-corrected chi connectivity index (χ3v) is 2.67. The molecule has 0 aliphatic heterocycles. The summed E-state index contributed by atoms with van der Waals surface area (Å²) in [5.41, 5.74) is 2.76. The van der Waals surface area contributed by atoms with Gasteiger partial charge in [0.05, 0.1) is 0 Å². The molecule has 86 valence electrons. The van der Waals surface area contributed by atoms with E-state index >= 15 is 0 Å². The van der Waals surface area contributed by atoms with E-state index in [1.165, 1.54) is 11.1 Å². The Kier molecular flexibility index (Phi) is 7.85. The molecule has 0 aliphatic rings. The van der Waals surface area contributed by atoms with E-state index in [-0.39, 0.29) is 12.4 Å². The van der Waals surface area contributed by atoms with Gasteiger partial charge in [-0.05, 0) is 24.6 Å². The SMILES string of the molecule is CCN(CCCl)Cc1ccccc1C.Cl. The van der Waals surface area contributed by atoms with Crippen molar-refractivity contribution in [3.63, 3.8) is 0 Å². The third-order valence-electron chi connectivity index (χ3n) is 2.50. The lowest BCUT2D eigenvalue weighted by Crippen LogP contribution is -2.25. The lowest BCUT2D eigenvalue weighted by Gasteiger charge is -2.20. The van der Waals surface area contributed by atoms with Crippen molar-refractivity contribution in [1.29, 1.82) is 0 Å². The summed E-state index contributed by atoms with van der Waals surface area (Å²) in [5, 5.41) is 0. The van der Waals surface area contributed by atoms with Gasteiger partial charge in [-0.15, -0.1) is 24.0 Å². The van der Waals surface area contributed by atoms with E-state index in [1.807, 2.05) is 0 Å². The highest BCUT2D eigenvalue weighted by molar-refractivity contribution is 6.18. The first-order valence-electron chi connectivity index (χ1n) is 5.10. The van der Waals surface area contributed by atoms with E-state index in [2.05, 4.69) is 43.0 Å². The maximum Gasteiger partial charge on any atom is 0.0351 e. The molecule has 0 bridgehead atoms. The minimum atomic E-state index is 0. The predicted octanol–water partition coefficient (Wildman–Crippen LogP) is 3.48. The zero-order valence-corrected chi connectivity index (χ0v) is 10.9. The summed E-state index contributed by atoms with van der Waals surface area (Å²) in [6.07, 6.45) is 0. The van der Waals surface area contributed by atoms with Crippen LogP contribution in [0.1, 0.15) is 18.1 Å². The zero-order chi connectivity index (χ0) is 10.4. The number of rotatable bonds is 5. The molecule has 0 saturated heterocycles. The van der Waals surface area contributed by atoms with Gasteiger partial charge < -0.3 is 0 Å². The molecular formula is C12H19Cl2N. The first-order chi connectivity index (χ1) is 6.77. The van der Waals surface area contributed by atoms with Gasteiger partial charge in [0.15, 0.2) is 0 Å². The van der Waals surface area contributed by atoms with Gasteiger partial charge in [-0.3, -0.25) is 4.90 Å². The van der Waals surface area contributed by atoms with Crippen LogP contribution in [0, 0.1) is 6.92 Å². The fourth-order valence-corrected chi connectivity index (χ4v) is 1.74. The quantitative estimate of drug-likeness (QED) is 0.721. The first kappa shape index (κ1) is 14.8. The molecule has 0 aromatic heterocycles. The highest BCUT2D eigenvalue weighted by atomic mass is 35.5. The Labute approximate surface area is 104 Å². The van der Waals surface area contributed by atoms with Crippen LogP contribution in [0.5, 0.6) is 0 Å². The van der Waals surface area contributed by atoms with Crippen molar-refractivity contribution in [3.05, 3.63) is 35.4 Å². The topological polar surface area (TPSA) is 3.24 Å². The van der Waals surface area contributed by atoms with Crippen LogP contribution in [-0.2, 0) is 6.54 Å². The van der Waals surface area contributed by atoms with Crippen LogP contribution in [0.2, 0.25) is 0 Å². The molecule has 0 atom stereocenters. The van der Waals surface area contributed by atoms with Crippen molar-refractivity contribution in [2.45, 2.75) is 20.4 Å². The standard InChI is InChI=1S/C12H18ClN.ClH/c1-3-14(9-8-13)10-12-7-5-4-6-11(12)2;/h4-7H,3,8-10H2,1-2H3;1H. The highest BCUT2D eigenvalue weighted by Crippen LogP contribution is 2.10. The van der Waals surface area contributed by atoms with E-state index in [0.717, 1.165) is 19.6 Å². The second-order valence-electron chi connectivity index (χ2n) is 3.48. The Hall–Kier alpha value is -0.240. The Morgan fingerprint density at radius 1 is 1.27 bits per heavy atom. The van der Waals surface area contributed by atoms with Crippen LogP contribution >= 0.6 is 24.0 Å². The number of nitrogens with zero attached hydrogens (tertiary/aromatic N) is 1. The number of benzene rings is 1. The molecule has 0 spiro atoms. The van der Waals surface area contributed by atoms with Crippen molar-refractivity contribution < 1.29 is 0 Å². The fraction of sp³-hybridized carbons (Fsp3) is 0.500. The minimum absolute atomic E-state index is 0. The Bertz CT molecular complexity index is 276. The van der Waals surface area contributed by atoms with Crippen molar-refractivity contribution in [2.24, 2.45) is 0 Å². The van der Waals surface area contributed by atoms with Crippen molar-refractivity contribution in [3.8, 4) is 0 Å². The molecule has 0 amide bonds. The normalized spacial score (nSPS) is 10.1. The largest absolute Gasteiger partial charge is 0.298 e. The Balaban J connectivity index is 0.00000196. The highest BCUT2D eigenvalue weighted by Gasteiger charge is 2.03. The number of aryl methyl sites for hydroxylation is 1. The molecule has 0 heterocycles. The van der Waals surface area contributed by atoms with Gasteiger partial charge in [-0.25, -0.2) is 0 Å². The summed E-state index contributed by atoms with van der Waals surface area (Å²) in [6.45, 7) is 7.36. The van der Waals surface area contributed by atoms with Gasteiger partial charge in [-0.1, -0.05) is 31.2 Å². The molecule has 0 aliphatic carbocycles. The summed E-state index contributed by atoms with van der Waals surface area (Å²) >= 11 is 5.74. The lowest BCUT2D eigenvalue weighted by molar-refractivity contribution is 0.297. The predicted molar refractivity (Wildman–Crippen MR) is 70.1 cm³/mol. The van der Waals surface area contributed by atoms with Crippen LogP contribution in [0.4, 0.5) is 0 Å². The third kappa shape index (κ3) is 4.87. The Morgan fingerprint density at radius 3 is 2.47 bits per heavy atom. The summed E-state index contributed by atoms with van der Waals surface area (Å²) in [5.74, 6) is 0.708. The summed E-state index contributed by atoms with van der Waals surface area (Å²) in [7, 11) is 0. The fourth-order valence-electron chi connectivity index (χ4n) is 1.50. The average molecular weight is 248 g/mol. The molecule has 1 aromatic rings. The van der Waals surface area contributed by atoms with Crippen LogP contribution in [-0.4, -0.2) is 23.9 Å². The van der Waals surface area contributed by atoms with Crippen molar-refractivity contribution >= 4 is 24.0 Å². The van der Waals surface area contributed by atoms with E-state index in [0.29, 0.717) is 5.88 Å². The first-order valence-corrected chi connectivity index (χ1v) is 5.64. The molecule has 0 fully saturated rings. The smallest absolute Gasteiger partial charge is 0.0351 e. The summed E-state index contributed by atoms with van der Waals surface area (Å²) in [4.78, 5) is 2.36. The second kappa shape index (κ2) is 7.98. The van der Waals surface area contributed by atoms with E-state index in [1.54, 1.807) is 0 Å². The molecule has 3 heteroatoms.